The SMILES string of the molecule is O=C(Nc1cccnc1Cl)c1ccccc1C(F)(F)F. The molecular formula is C13H8ClF3N2O. The van der Waals surface area contributed by atoms with Crippen LogP contribution in [0.25, 0.3) is 0 Å². The Bertz CT molecular complexity index is 644. The molecule has 0 saturated heterocycles. The number of pyridine rings is 1. The Balaban J connectivity index is 2.34. The fourth-order valence-corrected chi connectivity index (χ4v) is 1.76. The van der Waals surface area contributed by atoms with E-state index in [4.69, 9.17) is 11.6 Å². The highest BCUT2D eigenvalue weighted by molar-refractivity contribution is 6.32. The molecule has 0 aliphatic heterocycles. The minimum atomic E-state index is -4.60. The van der Waals surface area contributed by atoms with Gasteiger partial charge in [0.05, 0.1) is 16.8 Å². The number of nitrogens with zero attached hydrogens (tertiary/aromatic N) is 1. The second-order valence-electron chi connectivity index (χ2n) is 3.84. The normalized spacial score (nSPS) is 11.2. The fraction of sp³-hybridized carbons (Fsp3) is 0.0769. The molecule has 0 bridgehead atoms. The van der Waals surface area contributed by atoms with E-state index < -0.39 is 23.2 Å². The summed E-state index contributed by atoms with van der Waals surface area (Å²) in [6.07, 6.45) is -3.20. The summed E-state index contributed by atoms with van der Waals surface area (Å²) >= 11 is 5.74. The van der Waals surface area contributed by atoms with E-state index in [0.717, 1.165) is 12.1 Å². The summed E-state index contributed by atoms with van der Waals surface area (Å²) in [5, 5.41) is 2.31. The van der Waals surface area contributed by atoms with Crippen LogP contribution in [-0.2, 0) is 6.18 Å². The van der Waals surface area contributed by atoms with Crippen LogP contribution < -0.4 is 5.32 Å². The molecule has 7 heteroatoms. The lowest BCUT2D eigenvalue weighted by Crippen LogP contribution is -2.18. The molecule has 1 heterocycles. The summed E-state index contributed by atoms with van der Waals surface area (Å²) in [6.45, 7) is 0. The van der Waals surface area contributed by atoms with Crippen LogP contribution in [0.1, 0.15) is 15.9 Å². The predicted octanol–water partition coefficient (Wildman–Crippen LogP) is 4.01. The molecule has 2 aromatic rings. The van der Waals surface area contributed by atoms with Crippen LogP contribution in [0, 0.1) is 0 Å². The van der Waals surface area contributed by atoms with E-state index in [1.807, 2.05) is 0 Å². The molecule has 20 heavy (non-hydrogen) atoms. The van der Waals surface area contributed by atoms with Crippen LogP contribution in [0.3, 0.4) is 0 Å². The van der Waals surface area contributed by atoms with Crippen molar-refractivity contribution in [2.24, 2.45) is 0 Å². The van der Waals surface area contributed by atoms with E-state index in [2.05, 4.69) is 10.3 Å². The number of rotatable bonds is 2. The molecule has 0 fully saturated rings. The molecule has 3 nitrogen and oxygen atoms in total. The molecule has 0 aliphatic rings. The highest BCUT2D eigenvalue weighted by Crippen LogP contribution is 2.32. The molecule has 1 N–H and O–H groups in total. The Kier molecular flexibility index (Phi) is 3.94. The summed E-state index contributed by atoms with van der Waals surface area (Å²) in [5.41, 5.74) is -1.33. The number of aromatic nitrogens is 1. The predicted molar refractivity (Wildman–Crippen MR) is 68.6 cm³/mol. The van der Waals surface area contributed by atoms with Crippen molar-refractivity contribution in [1.82, 2.24) is 4.98 Å². The minimum absolute atomic E-state index is 0.00494. The van der Waals surface area contributed by atoms with Crippen molar-refractivity contribution in [2.75, 3.05) is 5.32 Å². The molecule has 1 aromatic carbocycles. The summed E-state index contributed by atoms with van der Waals surface area (Å²) in [7, 11) is 0. The van der Waals surface area contributed by atoms with Crippen molar-refractivity contribution >= 4 is 23.2 Å². The third-order valence-corrected chi connectivity index (χ3v) is 2.79. The Hall–Kier alpha value is -2.08. The van der Waals surface area contributed by atoms with Gasteiger partial charge in [-0.3, -0.25) is 4.79 Å². The highest BCUT2D eigenvalue weighted by Gasteiger charge is 2.34. The van der Waals surface area contributed by atoms with Crippen molar-refractivity contribution < 1.29 is 18.0 Å². The van der Waals surface area contributed by atoms with Gasteiger partial charge in [0.2, 0.25) is 0 Å². The number of hydrogen-bond acceptors (Lipinski definition) is 2. The lowest BCUT2D eigenvalue weighted by Gasteiger charge is -2.12. The van der Waals surface area contributed by atoms with Gasteiger partial charge in [0.15, 0.2) is 5.15 Å². The van der Waals surface area contributed by atoms with Gasteiger partial charge in [0.1, 0.15) is 0 Å². The molecule has 0 atom stereocenters. The first kappa shape index (κ1) is 14.3. The lowest BCUT2D eigenvalue weighted by molar-refractivity contribution is -0.137. The quantitative estimate of drug-likeness (QED) is 0.852. The average Bonchev–Trinajstić information content (AvgIpc) is 2.40. The first-order valence-corrected chi connectivity index (χ1v) is 5.85. The average molecular weight is 301 g/mol. The highest BCUT2D eigenvalue weighted by atomic mass is 35.5. The largest absolute Gasteiger partial charge is 0.417 e. The standard InChI is InChI=1S/C13H8ClF3N2O/c14-11-10(6-3-7-18-11)19-12(20)8-4-1-2-5-9(8)13(15,16)17/h1-7H,(H,19,20). The number of carbonyl (C=O) groups excluding carboxylic acids is 1. The number of benzene rings is 1. The van der Waals surface area contributed by atoms with E-state index in [-0.39, 0.29) is 10.8 Å². The molecule has 1 amide bonds. The van der Waals surface area contributed by atoms with Crippen molar-refractivity contribution in [2.45, 2.75) is 6.18 Å². The zero-order valence-electron chi connectivity index (χ0n) is 9.91. The first-order chi connectivity index (χ1) is 9.39. The van der Waals surface area contributed by atoms with Gasteiger partial charge in [-0.25, -0.2) is 4.98 Å². The van der Waals surface area contributed by atoms with E-state index in [9.17, 15) is 18.0 Å². The first-order valence-electron chi connectivity index (χ1n) is 5.47. The van der Waals surface area contributed by atoms with E-state index >= 15 is 0 Å². The van der Waals surface area contributed by atoms with Gasteiger partial charge < -0.3 is 5.32 Å². The molecule has 1 aromatic heterocycles. The number of carbonyl (C=O) groups is 1. The second-order valence-corrected chi connectivity index (χ2v) is 4.20. The van der Waals surface area contributed by atoms with Crippen molar-refractivity contribution in [3.63, 3.8) is 0 Å². The van der Waals surface area contributed by atoms with Crippen molar-refractivity contribution in [1.29, 1.82) is 0 Å². The van der Waals surface area contributed by atoms with Crippen LogP contribution in [0.5, 0.6) is 0 Å². The summed E-state index contributed by atoms with van der Waals surface area (Å²) in [6, 6.07) is 7.48. The minimum Gasteiger partial charge on any atom is -0.319 e. The van der Waals surface area contributed by atoms with Gasteiger partial charge in [-0.2, -0.15) is 13.2 Å². The molecule has 0 saturated carbocycles. The maximum atomic E-state index is 12.8. The van der Waals surface area contributed by atoms with Gasteiger partial charge in [-0.15, -0.1) is 0 Å². The zero-order chi connectivity index (χ0) is 14.8. The number of nitrogens with one attached hydrogen (secondary N) is 1. The van der Waals surface area contributed by atoms with E-state index in [1.54, 1.807) is 0 Å². The summed E-state index contributed by atoms with van der Waals surface area (Å²) in [5.74, 6) is -0.896. The summed E-state index contributed by atoms with van der Waals surface area (Å²) in [4.78, 5) is 15.7. The Morgan fingerprint density at radius 1 is 1.15 bits per heavy atom. The van der Waals surface area contributed by atoms with Gasteiger partial charge in [0.25, 0.3) is 5.91 Å². The van der Waals surface area contributed by atoms with E-state index in [0.29, 0.717) is 0 Å². The smallest absolute Gasteiger partial charge is 0.319 e. The van der Waals surface area contributed by atoms with Crippen LogP contribution >= 0.6 is 11.6 Å². The van der Waals surface area contributed by atoms with Crippen molar-refractivity contribution in [3.05, 3.63) is 58.9 Å². The van der Waals surface area contributed by atoms with Crippen LogP contribution in [0.2, 0.25) is 5.15 Å². The molecular weight excluding hydrogens is 293 g/mol. The molecule has 2 rings (SSSR count). The Labute approximate surface area is 117 Å². The fourth-order valence-electron chi connectivity index (χ4n) is 1.60. The Morgan fingerprint density at radius 3 is 2.50 bits per heavy atom. The number of hydrogen-bond donors (Lipinski definition) is 1. The van der Waals surface area contributed by atoms with Gasteiger partial charge in [0, 0.05) is 6.20 Å². The summed E-state index contributed by atoms with van der Waals surface area (Å²) < 4.78 is 38.4. The third-order valence-electron chi connectivity index (χ3n) is 2.48. The molecule has 0 radical (unpaired) electrons. The van der Waals surface area contributed by atoms with E-state index in [1.165, 1.54) is 30.5 Å². The number of alkyl halides is 3. The second kappa shape index (κ2) is 5.50. The van der Waals surface area contributed by atoms with Crippen LogP contribution in [-0.4, -0.2) is 10.9 Å². The lowest BCUT2D eigenvalue weighted by atomic mass is 10.1. The maximum Gasteiger partial charge on any atom is 0.417 e. The van der Waals surface area contributed by atoms with Crippen LogP contribution in [0.15, 0.2) is 42.6 Å². The molecule has 0 spiro atoms. The molecule has 0 unspecified atom stereocenters. The zero-order valence-corrected chi connectivity index (χ0v) is 10.7. The number of anilines is 1. The van der Waals surface area contributed by atoms with Crippen molar-refractivity contribution in [3.8, 4) is 0 Å². The van der Waals surface area contributed by atoms with Gasteiger partial charge >= 0.3 is 6.18 Å². The molecule has 0 aliphatic carbocycles. The number of amides is 1. The van der Waals surface area contributed by atoms with Gasteiger partial charge in [-0.1, -0.05) is 23.7 Å². The van der Waals surface area contributed by atoms with Gasteiger partial charge in [-0.05, 0) is 24.3 Å². The monoisotopic (exact) mass is 300 g/mol. The maximum absolute atomic E-state index is 12.8. The third kappa shape index (κ3) is 3.08. The van der Waals surface area contributed by atoms with Crippen LogP contribution in [0.4, 0.5) is 18.9 Å². The Morgan fingerprint density at radius 2 is 1.85 bits per heavy atom. The molecule has 104 valence electrons. The number of halogens is 4. The topological polar surface area (TPSA) is 42.0 Å².